The maximum Gasteiger partial charge on any atom is 0.133 e. The lowest BCUT2D eigenvalue weighted by atomic mass is 10.1. The Kier molecular flexibility index (Phi) is 4.73. The highest BCUT2D eigenvalue weighted by Gasteiger charge is 2.13. The number of hydrogen-bond acceptors (Lipinski definition) is 5. The van der Waals surface area contributed by atoms with Crippen LogP contribution < -0.4 is 10.2 Å². The fourth-order valence-electron chi connectivity index (χ4n) is 2.35. The Balaban J connectivity index is 2.30. The molecule has 0 amide bonds. The molecule has 20 heavy (non-hydrogen) atoms. The first kappa shape index (κ1) is 14.9. The molecule has 0 saturated heterocycles. The van der Waals surface area contributed by atoms with Crippen LogP contribution in [-0.4, -0.2) is 24.1 Å². The van der Waals surface area contributed by atoms with E-state index in [4.69, 9.17) is 4.98 Å². The van der Waals surface area contributed by atoms with Gasteiger partial charge in [0.1, 0.15) is 5.82 Å². The van der Waals surface area contributed by atoms with E-state index in [2.05, 4.69) is 40.6 Å². The standard InChI is InChI=1S/C15H22N4S/c1-10-6-11(2)17-15(14(10)7-16-4)19(5)8-13-9-20-12(3)18-13/h6,9,16H,7-8H2,1-5H3. The lowest BCUT2D eigenvalue weighted by Crippen LogP contribution is -2.22. The molecule has 5 heteroatoms. The maximum atomic E-state index is 4.72. The molecule has 0 aromatic carbocycles. The van der Waals surface area contributed by atoms with Crippen molar-refractivity contribution >= 4 is 17.2 Å². The van der Waals surface area contributed by atoms with Crippen LogP contribution >= 0.6 is 11.3 Å². The molecular formula is C15H22N4S. The maximum absolute atomic E-state index is 4.72. The van der Waals surface area contributed by atoms with Gasteiger partial charge in [0.2, 0.25) is 0 Å². The van der Waals surface area contributed by atoms with Crippen LogP contribution in [0, 0.1) is 20.8 Å². The number of rotatable bonds is 5. The minimum absolute atomic E-state index is 0.789. The lowest BCUT2D eigenvalue weighted by Gasteiger charge is -2.22. The van der Waals surface area contributed by atoms with E-state index in [1.54, 1.807) is 11.3 Å². The zero-order chi connectivity index (χ0) is 14.7. The van der Waals surface area contributed by atoms with Gasteiger partial charge in [0.05, 0.1) is 17.2 Å². The van der Waals surface area contributed by atoms with Crippen LogP contribution in [0.4, 0.5) is 5.82 Å². The minimum atomic E-state index is 0.789. The fourth-order valence-corrected chi connectivity index (χ4v) is 2.96. The second-order valence-corrected chi connectivity index (χ2v) is 6.19. The summed E-state index contributed by atoms with van der Waals surface area (Å²) in [7, 11) is 4.04. The lowest BCUT2D eigenvalue weighted by molar-refractivity contribution is 0.783. The van der Waals surface area contributed by atoms with Gasteiger partial charge >= 0.3 is 0 Å². The van der Waals surface area contributed by atoms with Gasteiger partial charge in [-0.3, -0.25) is 0 Å². The Morgan fingerprint density at radius 1 is 1.25 bits per heavy atom. The quantitative estimate of drug-likeness (QED) is 0.919. The molecule has 0 aliphatic rings. The van der Waals surface area contributed by atoms with Crippen molar-refractivity contribution in [3.8, 4) is 0 Å². The molecule has 2 heterocycles. The molecule has 2 aromatic heterocycles. The Labute approximate surface area is 124 Å². The van der Waals surface area contributed by atoms with Crippen LogP contribution in [0.2, 0.25) is 0 Å². The largest absolute Gasteiger partial charge is 0.353 e. The molecule has 0 radical (unpaired) electrons. The van der Waals surface area contributed by atoms with E-state index < -0.39 is 0 Å². The van der Waals surface area contributed by atoms with Crippen molar-refractivity contribution in [2.24, 2.45) is 0 Å². The molecule has 4 nitrogen and oxygen atoms in total. The molecule has 2 aromatic rings. The third-order valence-electron chi connectivity index (χ3n) is 3.23. The van der Waals surface area contributed by atoms with Gasteiger partial charge < -0.3 is 10.2 Å². The molecule has 2 rings (SSSR count). The van der Waals surface area contributed by atoms with E-state index in [0.717, 1.165) is 35.3 Å². The van der Waals surface area contributed by atoms with Crippen LogP contribution in [0.15, 0.2) is 11.4 Å². The molecule has 1 N–H and O–H groups in total. The van der Waals surface area contributed by atoms with Gasteiger partial charge in [0, 0.05) is 30.2 Å². The topological polar surface area (TPSA) is 41.1 Å². The summed E-state index contributed by atoms with van der Waals surface area (Å²) in [5.74, 6) is 1.04. The Bertz CT molecular complexity index is 592. The van der Waals surface area contributed by atoms with E-state index in [1.165, 1.54) is 11.1 Å². The summed E-state index contributed by atoms with van der Waals surface area (Å²) >= 11 is 1.69. The Morgan fingerprint density at radius 2 is 2.00 bits per heavy atom. The summed E-state index contributed by atoms with van der Waals surface area (Å²) in [5.41, 5.74) is 4.70. The predicted octanol–water partition coefficient (Wildman–Crippen LogP) is 2.82. The Hall–Kier alpha value is -1.46. The third kappa shape index (κ3) is 3.35. The molecule has 0 aliphatic heterocycles. The average molecular weight is 290 g/mol. The number of pyridine rings is 1. The van der Waals surface area contributed by atoms with Crippen molar-refractivity contribution in [1.82, 2.24) is 15.3 Å². The van der Waals surface area contributed by atoms with Gasteiger partial charge in [-0.1, -0.05) is 0 Å². The van der Waals surface area contributed by atoms with Crippen molar-refractivity contribution in [2.75, 3.05) is 19.0 Å². The highest BCUT2D eigenvalue weighted by Crippen LogP contribution is 2.23. The number of nitrogens with one attached hydrogen (secondary N) is 1. The van der Waals surface area contributed by atoms with Crippen LogP contribution in [0.1, 0.15) is 27.5 Å². The summed E-state index contributed by atoms with van der Waals surface area (Å²) < 4.78 is 0. The normalized spacial score (nSPS) is 10.8. The second kappa shape index (κ2) is 6.33. The van der Waals surface area contributed by atoms with Gasteiger partial charge in [-0.2, -0.15) is 0 Å². The third-order valence-corrected chi connectivity index (χ3v) is 4.06. The number of nitrogens with zero attached hydrogens (tertiary/aromatic N) is 3. The first-order chi connectivity index (χ1) is 9.51. The van der Waals surface area contributed by atoms with E-state index in [-0.39, 0.29) is 0 Å². The highest BCUT2D eigenvalue weighted by molar-refractivity contribution is 7.09. The smallest absolute Gasteiger partial charge is 0.133 e. The number of thiazole rings is 1. The van der Waals surface area contributed by atoms with E-state index in [0.29, 0.717) is 0 Å². The predicted molar refractivity (Wildman–Crippen MR) is 85.4 cm³/mol. The SMILES string of the molecule is CNCc1c(C)cc(C)nc1N(C)Cc1csc(C)n1. The highest BCUT2D eigenvalue weighted by atomic mass is 32.1. The molecule has 0 bridgehead atoms. The van der Waals surface area contributed by atoms with Crippen molar-refractivity contribution in [3.05, 3.63) is 39.0 Å². The summed E-state index contributed by atoms with van der Waals surface area (Å²) in [5, 5.41) is 6.45. The first-order valence-electron chi connectivity index (χ1n) is 6.75. The molecule has 0 unspecified atom stereocenters. The van der Waals surface area contributed by atoms with Crippen molar-refractivity contribution in [2.45, 2.75) is 33.9 Å². The number of hydrogen-bond donors (Lipinski definition) is 1. The number of aromatic nitrogens is 2. The average Bonchev–Trinajstić information content (AvgIpc) is 2.77. The van der Waals surface area contributed by atoms with Crippen LogP contribution in [0.5, 0.6) is 0 Å². The van der Waals surface area contributed by atoms with E-state index in [1.807, 2.05) is 20.9 Å². The molecule has 0 spiro atoms. The van der Waals surface area contributed by atoms with Gasteiger partial charge in [0.15, 0.2) is 0 Å². The summed E-state index contributed by atoms with van der Waals surface area (Å²) in [6.45, 7) is 7.84. The van der Waals surface area contributed by atoms with Gasteiger partial charge in [0.25, 0.3) is 0 Å². The van der Waals surface area contributed by atoms with Crippen molar-refractivity contribution in [1.29, 1.82) is 0 Å². The molecule has 108 valence electrons. The monoisotopic (exact) mass is 290 g/mol. The summed E-state index contributed by atoms with van der Waals surface area (Å²) in [4.78, 5) is 11.4. The molecule has 0 aliphatic carbocycles. The molecule has 0 atom stereocenters. The second-order valence-electron chi connectivity index (χ2n) is 5.13. The van der Waals surface area contributed by atoms with Crippen LogP contribution in [0.25, 0.3) is 0 Å². The molecular weight excluding hydrogens is 268 g/mol. The van der Waals surface area contributed by atoms with Crippen LogP contribution in [0.3, 0.4) is 0 Å². The van der Waals surface area contributed by atoms with E-state index in [9.17, 15) is 0 Å². The van der Waals surface area contributed by atoms with Gasteiger partial charge in [-0.25, -0.2) is 9.97 Å². The zero-order valence-electron chi connectivity index (χ0n) is 12.8. The summed E-state index contributed by atoms with van der Waals surface area (Å²) in [6, 6.07) is 2.14. The summed E-state index contributed by atoms with van der Waals surface area (Å²) in [6.07, 6.45) is 0. The zero-order valence-corrected chi connectivity index (χ0v) is 13.6. The van der Waals surface area contributed by atoms with E-state index >= 15 is 0 Å². The Morgan fingerprint density at radius 3 is 2.60 bits per heavy atom. The molecule has 0 fully saturated rings. The van der Waals surface area contributed by atoms with Gasteiger partial charge in [-0.05, 0) is 39.4 Å². The molecule has 0 saturated carbocycles. The van der Waals surface area contributed by atoms with Gasteiger partial charge in [-0.15, -0.1) is 11.3 Å². The number of aryl methyl sites for hydroxylation is 3. The first-order valence-corrected chi connectivity index (χ1v) is 7.63. The fraction of sp³-hybridized carbons (Fsp3) is 0.467. The minimum Gasteiger partial charge on any atom is -0.353 e. The van der Waals surface area contributed by atoms with Crippen LogP contribution in [-0.2, 0) is 13.1 Å². The number of anilines is 1. The van der Waals surface area contributed by atoms with Crippen molar-refractivity contribution < 1.29 is 0 Å². The van der Waals surface area contributed by atoms with Crippen molar-refractivity contribution in [3.63, 3.8) is 0 Å².